The van der Waals surface area contributed by atoms with E-state index in [1.165, 1.54) is 18.0 Å². The molecule has 1 N–H and O–H groups in total. The molecule has 1 aromatic carbocycles. The molecule has 0 radical (unpaired) electrons. The van der Waals surface area contributed by atoms with E-state index in [2.05, 4.69) is 29.9 Å². The largest absolute Gasteiger partial charge is 0.352 e. The first-order chi connectivity index (χ1) is 15.7. The van der Waals surface area contributed by atoms with Gasteiger partial charge in [-0.2, -0.15) is 5.10 Å². The number of anilines is 1. The zero-order valence-electron chi connectivity index (χ0n) is 17.1. The van der Waals surface area contributed by atoms with Crippen molar-refractivity contribution in [3.05, 3.63) is 65.5 Å². The Morgan fingerprint density at radius 2 is 1.88 bits per heavy atom. The van der Waals surface area contributed by atoms with Gasteiger partial charge in [0.05, 0.1) is 23.8 Å². The number of rotatable bonds is 5. The van der Waals surface area contributed by atoms with Gasteiger partial charge in [0.15, 0.2) is 10.8 Å². The first kappa shape index (κ1) is 20.2. The van der Waals surface area contributed by atoms with Gasteiger partial charge in [-0.25, -0.2) is 14.6 Å². The van der Waals surface area contributed by atoms with E-state index in [-0.39, 0.29) is 17.2 Å². The Balaban J connectivity index is 1.25. The lowest BCUT2D eigenvalue weighted by atomic mass is 10.3. The number of H-pyrrole nitrogens is 1. The summed E-state index contributed by atoms with van der Waals surface area (Å²) in [6.07, 6.45) is 6.54. The number of hydrogen-bond donors (Lipinski definition) is 1. The van der Waals surface area contributed by atoms with Crippen molar-refractivity contribution in [3.63, 3.8) is 0 Å². The molecule has 0 aliphatic carbocycles. The maximum absolute atomic E-state index is 12.7. The molecule has 1 aliphatic heterocycles. The topological polar surface area (TPSA) is 113 Å². The van der Waals surface area contributed by atoms with E-state index in [0.29, 0.717) is 42.4 Å². The third-order valence-corrected chi connectivity index (χ3v) is 6.11. The monoisotopic (exact) mass is 448 g/mol. The minimum atomic E-state index is -0.273. The Morgan fingerprint density at radius 1 is 1.06 bits per heavy atom. The first-order valence-electron chi connectivity index (χ1n) is 10.1. The summed E-state index contributed by atoms with van der Waals surface area (Å²) in [7, 11) is 0. The third kappa shape index (κ3) is 4.06. The van der Waals surface area contributed by atoms with Crippen molar-refractivity contribution in [2.24, 2.45) is 0 Å². The van der Waals surface area contributed by atoms with Crippen LogP contribution in [0, 0.1) is 0 Å². The Morgan fingerprint density at radius 3 is 2.62 bits per heavy atom. The average Bonchev–Trinajstić information content (AvgIpc) is 3.28. The molecule has 10 nitrogen and oxygen atoms in total. The molecule has 4 heterocycles. The van der Waals surface area contributed by atoms with E-state index >= 15 is 0 Å². The molecule has 1 amide bonds. The highest BCUT2D eigenvalue weighted by Gasteiger charge is 2.22. The molecule has 0 atom stereocenters. The second-order valence-corrected chi connectivity index (χ2v) is 8.18. The van der Waals surface area contributed by atoms with Crippen LogP contribution in [0.2, 0.25) is 0 Å². The van der Waals surface area contributed by atoms with Crippen molar-refractivity contribution in [2.45, 2.75) is 5.16 Å². The first-order valence-corrected chi connectivity index (χ1v) is 11.1. The number of para-hydroxylation sites is 1. The van der Waals surface area contributed by atoms with Gasteiger partial charge >= 0.3 is 0 Å². The van der Waals surface area contributed by atoms with Crippen LogP contribution in [-0.2, 0) is 4.79 Å². The fraction of sp³-hybridized carbons (Fsp3) is 0.238. The molecule has 1 saturated heterocycles. The molecule has 0 bridgehead atoms. The number of carbonyl (C=O) groups is 1. The molecule has 4 aromatic rings. The lowest BCUT2D eigenvalue weighted by molar-refractivity contribution is -0.128. The van der Waals surface area contributed by atoms with Crippen molar-refractivity contribution < 1.29 is 4.79 Å². The van der Waals surface area contributed by atoms with Gasteiger partial charge in [0.25, 0.3) is 5.56 Å². The Kier molecular flexibility index (Phi) is 5.55. The van der Waals surface area contributed by atoms with E-state index in [0.717, 1.165) is 11.5 Å². The number of piperazine rings is 1. The quantitative estimate of drug-likeness (QED) is 0.360. The van der Waals surface area contributed by atoms with Crippen LogP contribution in [0.3, 0.4) is 0 Å². The summed E-state index contributed by atoms with van der Waals surface area (Å²) >= 11 is 1.22. The van der Waals surface area contributed by atoms with Gasteiger partial charge in [0.1, 0.15) is 11.2 Å². The lowest BCUT2D eigenvalue weighted by Gasteiger charge is -2.35. The number of nitrogens with zero attached hydrogens (tertiary/aromatic N) is 7. The minimum Gasteiger partial charge on any atom is -0.352 e. The molecule has 32 heavy (non-hydrogen) atoms. The number of aromatic amines is 1. The van der Waals surface area contributed by atoms with Crippen molar-refractivity contribution in [1.82, 2.24) is 34.6 Å². The van der Waals surface area contributed by atoms with Crippen LogP contribution in [0.25, 0.3) is 16.7 Å². The van der Waals surface area contributed by atoms with Crippen molar-refractivity contribution >= 4 is 34.5 Å². The van der Waals surface area contributed by atoms with Crippen molar-refractivity contribution in [1.29, 1.82) is 0 Å². The van der Waals surface area contributed by atoms with Crippen LogP contribution in [0.15, 0.2) is 65.1 Å². The normalized spacial score (nSPS) is 14.1. The van der Waals surface area contributed by atoms with Crippen LogP contribution in [0.4, 0.5) is 5.82 Å². The maximum atomic E-state index is 12.7. The van der Waals surface area contributed by atoms with Gasteiger partial charge in [0.2, 0.25) is 5.91 Å². The molecule has 1 aliphatic rings. The van der Waals surface area contributed by atoms with Crippen LogP contribution < -0.4 is 10.5 Å². The van der Waals surface area contributed by atoms with Crippen LogP contribution in [0.5, 0.6) is 0 Å². The third-order valence-electron chi connectivity index (χ3n) is 5.26. The van der Waals surface area contributed by atoms with E-state index in [9.17, 15) is 9.59 Å². The van der Waals surface area contributed by atoms with Crippen molar-refractivity contribution in [3.8, 4) is 5.69 Å². The number of nitrogens with one attached hydrogen (secondary N) is 1. The Labute approximate surface area is 187 Å². The summed E-state index contributed by atoms with van der Waals surface area (Å²) in [6, 6.07) is 9.50. The Bertz CT molecular complexity index is 1280. The van der Waals surface area contributed by atoms with Gasteiger partial charge in [-0.1, -0.05) is 30.0 Å². The highest BCUT2D eigenvalue weighted by molar-refractivity contribution is 7.99. The molecule has 0 saturated carbocycles. The maximum Gasteiger partial charge on any atom is 0.262 e. The highest BCUT2D eigenvalue weighted by Crippen LogP contribution is 2.19. The average molecular weight is 449 g/mol. The van der Waals surface area contributed by atoms with E-state index in [1.807, 2.05) is 35.2 Å². The van der Waals surface area contributed by atoms with Gasteiger partial charge < -0.3 is 14.8 Å². The summed E-state index contributed by atoms with van der Waals surface area (Å²) in [4.78, 5) is 44.9. The van der Waals surface area contributed by atoms with Crippen LogP contribution in [0.1, 0.15) is 0 Å². The zero-order chi connectivity index (χ0) is 21.9. The lowest BCUT2D eigenvalue weighted by Crippen LogP contribution is -2.49. The minimum absolute atomic E-state index is 0.00751. The predicted octanol–water partition coefficient (Wildman–Crippen LogP) is 1.34. The van der Waals surface area contributed by atoms with Gasteiger partial charge in [-0.15, -0.1) is 0 Å². The number of amides is 1. The highest BCUT2D eigenvalue weighted by atomic mass is 32.2. The van der Waals surface area contributed by atoms with Crippen LogP contribution in [-0.4, -0.2) is 72.5 Å². The molecule has 0 spiro atoms. The Hall–Kier alpha value is -3.73. The smallest absolute Gasteiger partial charge is 0.262 e. The van der Waals surface area contributed by atoms with Gasteiger partial charge in [0, 0.05) is 38.6 Å². The van der Waals surface area contributed by atoms with E-state index in [4.69, 9.17) is 0 Å². The van der Waals surface area contributed by atoms with Gasteiger partial charge in [-0.3, -0.25) is 14.6 Å². The van der Waals surface area contributed by atoms with Gasteiger partial charge in [-0.05, 0) is 12.1 Å². The summed E-state index contributed by atoms with van der Waals surface area (Å²) in [5.74, 6) is 1.02. The molecular weight excluding hydrogens is 428 g/mol. The molecule has 3 aromatic heterocycles. The SMILES string of the molecule is O=C(CSc1nc2c(cnn2-c2ccccc2)c(=O)[nH]1)N1CCN(c2cnccn2)CC1. The standard InChI is InChI=1S/C21H20N8O2S/c30-18(28-10-8-27(9-11-28)17-13-22-6-7-23-17)14-32-21-25-19-16(20(31)26-21)12-24-29(19)15-4-2-1-3-5-15/h1-7,12-13H,8-11,14H2,(H,25,26,31). The summed E-state index contributed by atoms with van der Waals surface area (Å²) < 4.78 is 1.63. The molecule has 0 unspecified atom stereocenters. The fourth-order valence-corrected chi connectivity index (χ4v) is 4.34. The molecule has 5 rings (SSSR count). The number of carbonyl (C=O) groups excluding carboxylic acids is 1. The fourth-order valence-electron chi connectivity index (χ4n) is 3.59. The number of hydrogen-bond acceptors (Lipinski definition) is 8. The van der Waals surface area contributed by atoms with E-state index in [1.54, 1.807) is 23.3 Å². The number of fused-ring (bicyclic) bond motifs is 1. The summed E-state index contributed by atoms with van der Waals surface area (Å²) in [5.41, 5.74) is 1.01. The van der Waals surface area contributed by atoms with Crippen molar-refractivity contribution in [2.75, 3.05) is 36.8 Å². The van der Waals surface area contributed by atoms with Crippen LogP contribution >= 0.6 is 11.8 Å². The second-order valence-electron chi connectivity index (χ2n) is 7.22. The molecule has 162 valence electrons. The zero-order valence-corrected chi connectivity index (χ0v) is 17.9. The number of benzene rings is 1. The predicted molar refractivity (Wildman–Crippen MR) is 121 cm³/mol. The molecular formula is C21H20N8O2S. The number of thioether (sulfide) groups is 1. The summed E-state index contributed by atoms with van der Waals surface area (Å²) in [6.45, 7) is 2.62. The number of aromatic nitrogens is 6. The van der Waals surface area contributed by atoms with E-state index < -0.39 is 0 Å². The second kappa shape index (κ2) is 8.79. The molecule has 11 heteroatoms. The summed E-state index contributed by atoms with van der Waals surface area (Å²) in [5, 5.41) is 5.11. The molecule has 1 fully saturated rings.